The standard InChI is InChI=1S/C18H15F3N4O/c1-10(2)17-11(9-23-25(17)14-5-3-4-8-22-14)18(26)24-13-7-6-12(19)15(20)16(13)21/h3-10H,1-2H3,(H,24,26). The molecule has 2 aromatic heterocycles. The second-order valence-electron chi connectivity index (χ2n) is 5.87. The number of carbonyl (C=O) groups is 1. The number of carbonyl (C=O) groups excluding carboxylic acids is 1. The van der Waals surface area contributed by atoms with Crippen LogP contribution in [-0.4, -0.2) is 20.7 Å². The first-order chi connectivity index (χ1) is 12.4. The summed E-state index contributed by atoms with van der Waals surface area (Å²) >= 11 is 0. The second kappa shape index (κ2) is 6.99. The van der Waals surface area contributed by atoms with Crippen molar-refractivity contribution in [2.24, 2.45) is 0 Å². The SMILES string of the molecule is CC(C)c1c(C(=O)Nc2ccc(F)c(F)c2F)cnn1-c1ccccn1. The number of amides is 1. The molecule has 0 atom stereocenters. The zero-order chi connectivity index (χ0) is 18.8. The van der Waals surface area contributed by atoms with Crippen LogP contribution in [0.15, 0.2) is 42.7 Å². The average Bonchev–Trinajstić information content (AvgIpc) is 3.08. The Morgan fingerprint density at radius 2 is 1.88 bits per heavy atom. The summed E-state index contributed by atoms with van der Waals surface area (Å²) in [5.74, 6) is -4.69. The van der Waals surface area contributed by atoms with Crippen LogP contribution in [0.3, 0.4) is 0 Å². The van der Waals surface area contributed by atoms with Gasteiger partial charge in [-0.3, -0.25) is 4.79 Å². The number of rotatable bonds is 4. The van der Waals surface area contributed by atoms with Gasteiger partial charge in [-0.25, -0.2) is 22.8 Å². The highest BCUT2D eigenvalue weighted by atomic mass is 19.2. The monoisotopic (exact) mass is 360 g/mol. The van der Waals surface area contributed by atoms with Crippen molar-refractivity contribution in [3.63, 3.8) is 0 Å². The van der Waals surface area contributed by atoms with Crippen LogP contribution < -0.4 is 5.32 Å². The highest BCUT2D eigenvalue weighted by molar-refractivity contribution is 6.05. The third-order valence-electron chi connectivity index (χ3n) is 3.75. The molecular weight excluding hydrogens is 345 g/mol. The van der Waals surface area contributed by atoms with Gasteiger partial charge < -0.3 is 5.32 Å². The lowest BCUT2D eigenvalue weighted by molar-refractivity contribution is 0.102. The van der Waals surface area contributed by atoms with Gasteiger partial charge in [-0.2, -0.15) is 5.10 Å². The Kier molecular flexibility index (Phi) is 4.75. The maximum Gasteiger partial charge on any atom is 0.259 e. The first kappa shape index (κ1) is 17.7. The first-order valence-corrected chi connectivity index (χ1v) is 7.84. The molecule has 0 aliphatic carbocycles. The molecule has 8 heteroatoms. The third-order valence-corrected chi connectivity index (χ3v) is 3.75. The molecule has 0 spiro atoms. The fraction of sp³-hybridized carbons (Fsp3) is 0.167. The van der Waals surface area contributed by atoms with E-state index in [0.717, 1.165) is 12.1 Å². The Hall–Kier alpha value is -3.16. The van der Waals surface area contributed by atoms with E-state index >= 15 is 0 Å². The molecule has 1 N–H and O–H groups in total. The van der Waals surface area contributed by atoms with Crippen LogP contribution in [0.4, 0.5) is 18.9 Å². The van der Waals surface area contributed by atoms with Crippen molar-refractivity contribution < 1.29 is 18.0 Å². The van der Waals surface area contributed by atoms with E-state index in [1.165, 1.54) is 10.9 Å². The number of nitrogens with zero attached hydrogens (tertiary/aromatic N) is 3. The fourth-order valence-corrected chi connectivity index (χ4v) is 2.56. The van der Waals surface area contributed by atoms with Crippen molar-refractivity contribution in [3.8, 4) is 5.82 Å². The lowest BCUT2D eigenvalue weighted by atomic mass is 10.1. The van der Waals surface area contributed by atoms with Crippen LogP contribution in [0, 0.1) is 17.5 Å². The predicted molar refractivity (Wildman–Crippen MR) is 89.7 cm³/mol. The van der Waals surface area contributed by atoms with Crippen LogP contribution in [0.2, 0.25) is 0 Å². The van der Waals surface area contributed by atoms with Crippen LogP contribution in [0.25, 0.3) is 5.82 Å². The maximum atomic E-state index is 13.8. The summed E-state index contributed by atoms with van der Waals surface area (Å²) in [7, 11) is 0. The van der Waals surface area contributed by atoms with E-state index in [1.54, 1.807) is 24.4 Å². The molecular formula is C18H15F3N4O. The number of aromatic nitrogens is 3. The highest BCUT2D eigenvalue weighted by Crippen LogP contribution is 2.25. The zero-order valence-corrected chi connectivity index (χ0v) is 14.0. The Balaban J connectivity index is 1.98. The summed E-state index contributed by atoms with van der Waals surface area (Å²) in [6, 6.07) is 6.97. The summed E-state index contributed by atoms with van der Waals surface area (Å²) in [4.78, 5) is 16.8. The van der Waals surface area contributed by atoms with Gasteiger partial charge in [0.1, 0.15) is 0 Å². The van der Waals surface area contributed by atoms with Crippen molar-refractivity contribution in [1.82, 2.24) is 14.8 Å². The van der Waals surface area contributed by atoms with Gasteiger partial charge in [0.05, 0.1) is 23.1 Å². The van der Waals surface area contributed by atoms with Gasteiger partial charge >= 0.3 is 0 Å². The number of hydrogen-bond donors (Lipinski definition) is 1. The topological polar surface area (TPSA) is 59.8 Å². The minimum absolute atomic E-state index is 0.102. The largest absolute Gasteiger partial charge is 0.319 e. The predicted octanol–water partition coefficient (Wildman–Crippen LogP) is 4.06. The van der Waals surface area contributed by atoms with Crippen LogP contribution in [0.5, 0.6) is 0 Å². The molecule has 0 unspecified atom stereocenters. The van der Waals surface area contributed by atoms with E-state index < -0.39 is 29.0 Å². The number of pyridine rings is 1. The molecule has 0 fully saturated rings. The van der Waals surface area contributed by atoms with Crippen molar-refractivity contribution in [2.75, 3.05) is 5.32 Å². The maximum absolute atomic E-state index is 13.8. The van der Waals surface area contributed by atoms with Gasteiger partial charge in [0.15, 0.2) is 23.3 Å². The smallest absolute Gasteiger partial charge is 0.259 e. The molecule has 0 aliphatic rings. The Morgan fingerprint density at radius 1 is 1.12 bits per heavy atom. The minimum Gasteiger partial charge on any atom is -0.319 e. The summed E-state index contributed by atoms with van der Waals surface area (Å²) in [5, 5.41) is 6.45. The zero-order valence-electron chi connectivity index (χ0n) is 14.0. The van der Waals surface area contributed by atoms with E-state index in [1.807, 2.05) is 13.8 Å². The quantitative estimate of drug-likeness (QED) is 0.714. The summed E-state index contributed by atoms with van der Waals surface area (Å²) in [6.45, 7) is 3.73. The van der Waals surface area contributed by atoms with Crippen LogP contribution in [0.1, 0.15) is 35.8 Å². The molecule has 0 radical (unpaired) electrons. The van der Waals surface area contributed by atoms with Crippen molar-refractivity contribution in [3.05, 3.63) is 71.4 Å². The van der Waals surface area contributed by atoms with Crippen molar-refractivity contribution in [2.45, 2.75) is 19.8 Å². The van der Waals surface area contributed by atoms with Gasteiger partial charge in [0, 0.05) is 6.20 Å². The van der Waals surface area contributed by atoms with Gasteiger partial charge in [-0.1, -0.05) is 19.9 Å². The molecule has 3 rings (SSSR count). The van der Waals surface area contributed by atoms with E-state index in [9.17, 15) is 18.0 Å². The molecule has 0 saturated carbocycles. The number of anilines is 1. The average molecular weight is 360 g/mol. The summed E-state index contributed by atoms with van der Waals surface area (Å²) in [5.41, 5.74) is 0.299. The molecule has 0 saturated heterocycles. The molecule has 2 heterocycles. The second-order valence-corrected chi connectivity index (χ2v) is 5.87. The Labute approximate surface area is 147 Å². The van der Waals surface area contributed by atoms with Crippen molar-refractivity contribution >= 4 is 11.6 Å². The molecule has 0 bridgehead atoms. The van der Waals surface area contributed by atoms with Crippen molar-refractivity contribution in [1.29, 1.82) is 0 Å². The normalized spacial score (nSPS) is 11.0. The Morgan fingerprint density at radius 3 is 2.54 bits per heavy atom. The minimum atomic E-state index is -1.64. The summed E-state index contributed by atoms with van der Waals surface area (Å²) in [6.07, 6.45) is 2.93. The lowest BCUT2D eigenvalue weighted by Gasteiger charge is -2.12. The van der Waals surface area contributed by atoms with E-state index in [-0.39, 0.29) is 11.5 Å². The Bertz CT molecular complexity index is 955. The molecule has 26 heavy (non-hydrogen) atoms. The van der Waals surface area contributed by atoms with Crippen LogP contribution >= 0.6 is 0 Å². The van der Waals surface area contributed by atoms with E-state index in [2.05, 4.69) is 15.4 Å². The fourth-order valence-electron chi connectivity index (χ4n) is 2.56. The third kappa shape index (κ3) is 3.17. The van der Waals surface area contributed by atoms with E-state index in [0.29, 0.717) is 11.5 Å². The molecule has 3 aromatic rings. The van der Waals surface area contributed by atoms with E-state index in [4.69, 9.17) is 0 Å². The molecule has 1 aromatic carbocycles. The van der Waals surface area contributed by atoms with Gasteiger partial charge in [-0.05, 0) is 30.2 Å². The van der Waals surface area contributed by atoms with Gasteiger partial charge in [0.2, 0.25) is 0 Å². The number of hydrogen-bond acceptors (Lipinski definition) is 3. The highest BCUT2D eigenvalue weighted by Gasteiger charge is 2.23. The number of halogens is 3. The van der Waals surface area contributed by atoms with Gasteiger partial charge in [0.25, 0.3) is 5.91 Å². The lowest BCUT2D eigenvalue weighted by Crippen LogP contribution is -2.17. The molecule has 0 aliphatic heterocycles. The number of benzene rings is 1. The first-order valence-electron chi connectivity index (χ1n) is 7.84. The number of nitrogens with one attached hydrogen (secondary N) is 1. The van der Waals surface area contributed by atoms with Gasteiger partial charge in [-0.15, -0.1) is 0 Å². The van der Waals surface area contributed by atoms with Crippen LogP contribution in [-0.2, 0) is 0 Å². The summed E-state index contributed by atoms with van der Waals surface area (Å²) < 4.78 is 41.7. The molecule has 1 amide bonds. The molecule has 134 valence electrons. The molecule has 5 nitrogen and oxygen atoms in total.